The van der Waals surface area contributed by atoms with Crippen molar-refractivity contribution in [2.24, 2.45) is 0 Å². The maximum absolute atomic E-state index is 12.3. The van der Waals surface area contributed by atoms with Crippen molar-refractivity contribution in [1.29, 1.82) is 0 Å². The van der Waals surface area contributed by atoms with Crippen LogP contribution in [0, 0.1) is 0 Å². The molecule has 1 amide bonds. The Bertz CT molecular complexity index is 821. The molecule has 0 bridgehead atoms. The summed E-state index contributed by atoms with van der Waals surface area (Å²) >= 11 is 0. The molecule has 0 spiro atoms. The Morgan fingerprint density at radius 2 is 2.14 bits per heavy atom. The molecule has 1 saturated carbocycles. The molecule has 2 saturated heterocycles. The van der Waals surface area contributed by atoms with Gasteiger partial charge < -0.3 is 10.1 Å². The first-order valence-corrected chi connectivity index (χ1v) is 9.79. The number of nitrogens with one attached hydrogen (secondary N) is 1. The molecular weight excluding hydrogens is 379 g/mol. The molecule has 0 radical (unpaired) electrons. The monoisotopic (exact) mass is 402 g/mol. The first-order chi connectivity index (χ1) is 14.0. The third kappa shape index (κ3) is 4.13. The fourth-order valence-electron chi connectivity index (χ4n) is 3.89. The summed E-state index contributed by atoms with van der Waals surface area (Å²) in [4.78, 5) is 25.6. The number of aromatic hydroxyl groups is 1. The van der Waals surface area contributed by atoms with Crippen molar-refractivity contribution in [3.63, 3.8) is 0 Å². The fourth-order valence-corrected chi connectivity index (χ4v) is 3.89. The quantitative estimate of drug-likeness (QED) is 0.560. The molecule has 3 atom stereocenters. The van der Waals surface area contributed by atoms with Crippen LogP contribution in [0.1, 0.15) is 34.7 Å². The van der Waals surface area contributed by atoms with Gasteiger partial charge >= 0.3 is 132 Å². The summed E-state index contributed by atoms with van der Waals surface area (Å²) in [5.41, 5.74) is 0.156. The first kappa shape index (κ1) is 19.8. The number of carbonyl (C=O) groups excluding carboxylic acids is 1. The van der Waals surface area contributed by atoms with Crippen LogP contribution in [0.25, 0.3) is 0 Å². The zero-order valence-electron chi connectivity index (χ0n) is 15.9. The molecular formula is C19H23BN2O7. The summed E-state index contributed by atoms with van der Waals surface area (Å²) in [6.45, 7) is 2.75. The van der Waals surface area contributed by atoms with Crippen LogP contribution < -0.4 is 10.1 Å². The third-order valence-electron chi connectivity index (χ3n) is 5.70. The number of amides is 1. The van der Waals surface area contributed by atoms with Crippen LogP contribution in [-0.2, 0) is 14.2 Å². The number of carboxylic acids is 1. The van der Waals surface area contributed by atoms with Gasteiger partial charge in [0.1, 0.15) is 0 Å². The predicted molar refractivity (Wildman–Crippen MR) is 101 cm³/mol. The molecule has 1 aliphatic carbocycles. The molecule has 3 fully saturated rings. The van der Waals surface area contributed by atoms with Crippen LogP contribution in [0.5, 0.6) is 11.5 Å². The number of aromatic carboxylic acids is 1. The number of benzene rings is 1. The van der Waals surface area contributed by atoms with E-state index in [2.05, 4.69) is 5.32 Å². The van der Waals surface area contributed by atoms with E-state index in [0.29, 0.717) is 44.6 Å². The third-order valence-corrected chi connectivity index (χ3v) is 5.70. The minimum absolute atomic E-state index is 0.0242. The van der Waals surface area contributed by atoms with Crippen molar-refractivity contribution in [3.8, 4) is 11.5 Å². The van der Waals surface area contributed by atoms with E-state index in [-0.39, 0.29) is 46.9 Å². The van der Waals surface area contributed by atoms with Gasteiger partial charge in [-0.05, 0) is 0 Å². The van der Waals surface area contributed by atoms with E-state index >= 15 is 0 Å². The SMILES string of the molecule is O=B[C@H]1C[C@H]1c1ccc(OC2CN(C(=O)C[C@@H]3CNCCO3)C2)c(C(=O)O)c1O. The van der Waals surface area contributed by atoms with Gasteiger partial charge in [0, 0.05) is 13.1 Å². The van der Waals surface area contributed by atoms with Crippen LogP contribution >= 0.6 is 0 Å². The van der Waals surface area contributed by atoms with Crippen molar-refractivity contribution in [2.45, 2.75) is 36.8 Å². The van der Waals surface area contributed by atoms with Crippen LogP contribution in [0.15, 0.2) is 12.1 Å². The van der Waals surface area contributed by atoms with Gasteiger partial charge in [-0.1, -0.05) is 0 Å². The van der Waals surface area contributed by atoms with Crippen LogP contribution in [0.4, 0.5) is 0 Å². The van der Waals surface area contributed by atoms with E-state index in [1.165, 1.54) is 6.07 Å². The average molecular weight is 402 g/mol. The van der Waals surface area contributed by atoms with E-state index < -0.39 is 5.97 Å². The summed E-state index contributed by atoms with van der Waals surface area (Å²) in [6, 6.07) is 3.13. The number of ether oxygens (including phenoxy) is 2. The number of morpholine rings is 1. The number of rotatable bonds is 7. The molecule has 3 aliphatic rings. The number of carbonyl (C=O) groups is 2. The van der Waals surface area contributed by atoms with Gasteiger partial charge in [0.25, 0.3) is 0 Å². The molecule has 2 aliphatic heterocycles. The molecule has 2 heterocycles. The molecule has 29 heavy (non-hydrogen) atoms. The van der Waals surface area contributed by atoms with E-state index in [1.54, 1.807) is 11.0 Å². The van der Waals surface area contributed by atoms with Gasteiger partial charge in [0.15, 0.2) is 0 Å². The zero-order valence-corrected chi connectivity index (χ0v) is 15.9. The number of phenols is 1. The summed E-state index contributed by atoms with van der Waals surface area (Å²) in [5, 5.41) is 23.1. The van der Waals surface area contributed by atoms with Gasteiger partial charge in [-0.15, -0.1) is 0 Å². The van der Waals surface area contributed by atoms with Gasteiger partial charge in [-0.25, -0.2) is 0 Å². The van der Waals surface area contributed by atoms with Crippen molar-refractivity contribution in [3.05, 3.63) is 23.3 Å². The van der Waals surface area contributed by atoms with Crippen molar-refractivity contribution >= 4 is 19.0 Å². The van der Waals surface area contributed by atoms with E-state index in [9.17, 15) is 24.5 Å². The average Bonchev–Trinajstić information content (AvgIpc) is 3.44. The van der Waals surface area contributed by atoms with Crippen LogP contribution in [-0.4, -0.2) is 79.1 Å². The number of carboxylic acid groups (broad SMARTS) is 1. The van der Waals surface area contributed by atoms with Crippen LogP contribution in [0.2, 0.25) is 5.82 Å². The summed E-state index contributed by atoms with van der Waals surface area (Å²) < 4.78 is 22.2. The number of hydrogen-bond acceptors (Lipinski definition) is 7. The number of hydrogen-bond donors (Lipinski definition) is 3. The predicted octanol–water partition coefficient (Wildman–Crippen LogP) is 0.384. The summed E-state index contributed by atoms with van der Waals surface area (Å²) in [6.07, 6.45) is 0.443. The second-order valence-corrected chi connectivity index (χ2v) is 7.76. The molecule has 1 aromatic rings. The Balaban J connectivity index is 1.36. The second-order valence-electron chi connectivity index (χ2n) is 7.76. The Hall–Kier alpha value is -2.46. The van der Waals surface area contributed by atoms with Crippen molar-refractivity contribution in [2.75, 3.05) is 32.8 Å². The second kappa shape index (κ2) is 8.12. The minimum atomic E-state index is -1.29. The van der Waals surface area contributed by atoms with Gasteiger partial charge in [0.2, 0.25) is 0 Å². The standard InChI is InChI=1S/C19H23BN2O7/c23-16(5-10-7-21-3-4-28-10)22-8-11(9-22)29-15-2-1-12(13-6-14(13)20-27)18(24)17(15)19(25)26/h1-2,10-11,13-14,21,24H,3-9H2,(H,25,26)/t10-,13+,14+/m1/s1. The molecule has 9 nitrogen and oxygen atoms in total. The van der Waals surface area contributed by atoms with Gasteiger partial charge in [-0.2, -0.15) is 0 Å². The van der Waals surface area contributed by atoms with E-state index in [4.69, 9.17) is 9.47 Å². The molecule has 0 unspecified atom stereocenters. The number of likely N-dealkylation sites (tertiary alicyclic amines) is 1. The molecule has 154 valence electrons. The Morgan fingerprint density at radius 3 is 2.76 bits per heavy atom. The number of nitrogens with zero attached hydrogens (tertiary/aromatic N) is 1. The van der Waals surface area contributed by atoms with Gasteiger partial charge in [-0.3, -0.25) is 0 Å². The van der Waals surface area contributed by atoms with Crippen LogP contribution in [0.3, 0.4) is 0 Å². The van der Waals surface area contributed by atoms with E-state index in [0.717, 1.165) is 13.7 Å². The summed E-state index contributed by atoms with van der Waals surface area (Å²) in [7, 11) is 0.823. The zero-order chi connectivity index (χ0) is 20.5. The molecule has 0 aromatic heterocycles. The molecule has 1 aromatic carbocycles. The molecule has 4 rings (SSSR count). The van der Waals surface area contributed by atoms with Crippen molar-refractivity contribution < 1.29 is 34.0 Å². The Kier molecular flexibility index (Phi) is 5.55. The Morgan fingerprint density at radius 1 is 1.34 bits per heavy atom. The van der Waals surface area contributed by atoms with E-state index in [1.807, 2.05) is 0 Å². The summed E-state index contributed by atoms with van der Waals surface area (Å²) in [5.74, 6) is -1.92. The maximum atomic E-state index is 12.3. The fraction of sp³-hybridized carbons (Fsp3) is 0.579. The Labute approximate surface area is 168 Å². The normalized spacial score (nSPS) is 26.3. The topological polar surface area (TPSA) is 125 Å². The van der Waals surface area contributed by atoms with Crippen molar-refractivity contribution in [1.82, 2.24) is 10.2 Å². The van der Waals surface area contributed by atoms with Gasteiger partial charge in [0.05, 0.1) is 12.7 Å². The first-order valence-electron chi connectivity index (χ1n) is 9.79. The molecule has 10 heteroatoms. The molecule has 3 N–H and O–H groups in total.